The Kier molecular flexibility index (Phi) is 18.5. The minimum atomic E-state index is 0. The van der Waals surface area contributed by atoms with Crippen molar-refractivity contribution in [1.29, 1.82) is 0 Å². The third kappa shape index (κ3) is 7.56. The molecule has 60 valence electrons. The van der Waals surface area contributed by atoms with Crippen LogP contribution in [0, 0.1) is 0 Å². The van der Waals surface area contributed by atoms with E-state index in [1.54, 1.807) is 0 Å². The molecule has 1 aliphatic heterocycles. The van der Waals surface area contributed by atoms with E-state index in [4.69, 9.17) is 0 Å². The van der Waals surface area contributed by atoms with Crippen molar-refractivity contribution in [2.45, 2.75) is 0 Å². The molecule has 0 aromatic rings. The third-order valence-electron chi connectivity index (χ3n) is 0.718. The summed E-state index contributed by atoms with van der Waals surface area (Å²) in [6.07, 6.45) is 11.6. The Morgan fingerprint density at radius 1 is 0.700 bits per heavy atom. The van der Waals surface area contributed by atoms with Crippen molar-refractivity contribution in [3.8, 4) is 0 Å². The van der Waals surface area contributed by atoms with Gasteiger partial charge in [0.2, 0.25) is 0 Å². The standard InChI is InChI=1S/C6H7N.2ClH.H2O/c1-2-4-6-7-5-3-1;;;/h1-7H;2*1H;1H2. The first-order chi connectivity index (χ1) is 3.50. The van der Waals surface area contributed by atoms with Gasteiger partial charge in [0.1, 0.15) is 0 Å². The molecule has 0 aromatic carbocycles. The largest absolute Gasteiger partial charge is 0.412 e. The van der Waals surface area contributed by atoms with E-state index in [0.717, 1.165) is 0 Å². The van der Waals surface area contributed by atoms with Crippen LogP contribution in [0.15, 0.2) is 36.7 Å². The second kappa shape index (κ2) is 11.4. The summed E-state index contributed by atoms with van der Waals surface area (Å²) in [5.74, 6) is 0. The highest BCUT2D eigenvalue weighted by atomic mass is 35.5. The van der Waals surface area contributed by atoms with E-state index in [9.17, 15) is 0 Å². The van der Waals surface area contributed by atoms with Gasteiger partial charge in [-0.2, -0.15) is 0 Å². The number of halogens is 2. The van der Waals surface area contributed by atoms with Gasteiger partial charge in [-0.1, -0.05) is 12.2 Å². The van der Waals surface area contributed by atoms with Crippen molar-refractivity contribution in [3.63, 3.8) is 0 Å². The molecule has 0 radical (unpaired) electrons. The second-order valence-electron chi connectivity index (χ2n) is 1.27. The summed E-state index contributed by atoms with van der Waals surface area (Å²) < 4.78 is 0. The van der Waals surface area contributed by atoms with E-state index in [-0.39, 0.29) is 30.3 Å². The molecule has 10 heavy (non-hydrogen) atoms. The lowest BCUT2D eigenvalue weighted by Gasteiger charge is -1.79. The molecular weight excluding hydrogens is 173 g/mol. The topological polar surface area (TPSA) is 43.5 Å². The van der Waals surface area contributed by atoms with Gasteiger partial charge >= 0.3 is 0 Å². The van der Waals surface area contributed by atoms with Crippen LogP contribution in [0.3, 0.4) is 0 Å². The summed E-state index contributed by atoms with van der Waals surface area (Å²) in [7, 11) is 0. The van der Waals surface area contributed by atoms with E-state index in [0.29, 0.717) is 0 Å². The number of rotatable bonds is 0. The highest BCUT2D eigenvalue weighted by Crippen LogP contribution is 1.81. The zero-order chi connectivity index (χ0) is 4.95. The Morgan fingerprint density at radius 2 is 1.10 bits per heavy atom. The maximum atomic E-state index is 2.92. The van der Waals surface area contributed by atoms with Crippen molar-refractivity contribution in [3.05, 3.63) is 36.7 Å². The van der Waals surface area contributed by atoms with Gasteiger partial charge in [0.25, 0.3) is 0 Å². The summed E-state index contributed by atoms with van der Waals surface area (Å²) in [6, 6.07) is 0. The summed E-state index contributed by atoms with van der Waals surface area (Å²) in [5.41, 5.74) is 0. The first-order valence-corrected chi connectivity index (χ1v) is 2.24. The summed E-state index contributed by atoms with van der Waals surface area (Å²) in [4.78, 5) is 0. The van der Waals surface area contributed by atoms with Gasteiger partial charge in [0.15, 0.2) is 0 Å². The molecule has 0 aromatic heterocycles. The second-order valence-corrected chi connectivity index (χ2v) is 1.27. The number of allylic oxidation sites excluding steroid dienone is 4. The lowest BCUT2D eigenvalue weighted by molar-refractivity contribution is 0.824. The maximum absolute atomic E-state index is 2.92. The fraction of sp³-hybridized carbons (Fsp3) is 0. The highest BCUT2D eigenvalue weighted by molar-refractivity contribution is 5.85. The molecule has 0 saturated heterocycles. The maximum Gasteiger partial charge on any atom is 0.000442 e. The zero-order valence-electron chi connectivity index (χ0n) is 5.28. The van der Waals surface area contributed by atoms with Gasteiger partial charge in [-0.05, 0) is 12.2 Å². The minimum absolute atomic E-state index is 0. The minimum Gasteiger partial charge on any atom is -0.412 e. The average Bonchev–Trinajstić information content (AvgIpc) is 1.90. The summed E-state index contributed by atoms with van der Waals surface area (Å²) >= 11 is 0. The van der Waals surface area contributed by atoms with Gasteiger partial charge in [-0.25, -0.2) is 0 Å². The van der Waals surface area contributed by atoms with Crippen molar-refractivity contribution >= 4 is 24.8 Å². The SMILES string of the molecule is C1=CC=CNC=C1.Cl.Cl.O. The molecule has 1 aliphatic rings. The molecule has 0 aliphatic carbocycles. The molecule has 3 N–H and O–H groups in total. The van der Waals surface area contributed by atoms with Crippen molar-refractivity contribution in [2.24, 2.45) is 0 Å². The molecule has 1 heterocycles. The van der Waals surface area contributed by atoms with Crippen LogP contribution in [-0.4, -0.2) is 5.48 Å². The Labute approximate surface area is 72.8 Å². The van der Waals surface area contributed by atoms with Crippen LogP contribution in [0.4, 0.5) is 0 Å². The fourth-order valence-corrected chi connectivity index (χ4v) is 0.406. The van der Waals surface area contributed by atoms with Gasteiger partial charge in [0.05, 0.1) is 0 Å². The molecule has 0 bridgehead atoms. The lowest BCUT2D eigenvalue weighted by Crippen LogP contribution is -1.87. The van der Waals surface area contributed by atoms with Crippen molar-refractivity contribution < 1.29 is 5.48 Å². The first kappa shape index (κ1) is 16.3. The number of hydrogen-bond acceptors (Lipinski definition) is 1. The molecule has 1 rings (SSSR count). The molecule has 2 nitrogen and oxygen atoms in total. The van der Waals surface area contributed by atoms with Gasteiger partial charge in [-0.3, -0.25) is 0 Å². The van der Waals surface area contributed by atoms with E-state index < -0.39 is 0 Å². The summed E-state index contributed by atoms with van der Waals surface area (Å²) in [6.45, 7) is 0. The predicted molar refractivity (Wildman–Crippen MR) is 48.7 cm³/mol. The zero-order valence-corrected chi connectivity index (χ0v) is 6.91. The molecule has 0 spiro atoms. The van der Waals surface area contributed by atoms with Crippen LogP contribution in [0.5, 0.6) is 0 Å². The Bertz CT molecular complexity index is 118. The van der Waals surface area contributed by atoms with Crippen LogP contribution in [0.1, 0.15) is 0 Å². The van der Waals surface area contributed by atoms with Crippen LogP contribution < -0.4 is 5.32 Å². The monoisotopic (exact) mass is 183 g/mol. The smallest absolute Gasteiger partial charge is 0.000442 e. The molecule has 0 fully saturated rings. The van der Waals surface area contributed by atoms with E-state index in [1.165, 1.54) is 0 Å². The fourth-order valence-electron chi connectivity index (χ4n) is 0.406. The van der Waals surface area contributed by atoms with E-state index in [1.807, 2.05) is 36.7 Å². The normalized spacial score (nSPS) is 11.2. The number of nitrogens with one attached hydrogen (secondary N) is 1. The summed E-state index contributed by atoms with van der Waals surface area (Å²) in [5, 5.41) is 2.92. The lowest BCUT2D eigenvalue weighted by atomic mass is 10.5. The predicted octanol–water partition coefficient (Wildman–Crippen LogP) is 1.19. The highest BCUT2D eigenvalue weighted by Gasteiger charge is 1.67. The molecule has 0 atom stereocenters. The molecule has 0 amide bonds. The first-order valence-electron chi connectivity index (χ1n) is 2.24. The van der Waals surface area contributed by atoms with Crippen LogP contribution in [-0.2, 0) is 0 Å². The van der Waals surface area contributed by atoms with Gasteiger partial charge in [-0.15, -0.1) is 24.8 Å². The van der Waals surface area contributed by atoms with Gasteiger partial charge in [0, 0.05) is 12.4 Å². The Balaban J connectivity index is -0.000000163. The van der Waals surface area contributed by atoms with E-state index >= 15 is 0 Å². The Hall–Kier alpha value is -0.440. The molecular formula is C6H11Cl2NO. The molecule has 0 saturated carbocycles. The van der Waals surface area contributed by atoms with Crippen molar-refractivity contribution in [2.75, 3.05) is 0 Å². The van der Waals surface area contributed by atoms with Crippen LogP contribution in [0.25, 0.3) is 0 Å². The molecule has 4 heteroatoms. The average molecular weight is 184 g/mol. The van der Waals surface area contributed by atoms with Gasteiger partial charge < -0.3 is 10.8 Å². The van der Waals surface area contributed by atoms with Crippen molar-refractivity contribution in [1.82, 2.24) is 5.32 Å². The van der Waals surface area contributed by atoms with Crippen LogP contribution >= 0.6 is 24.8 Å². The Morgan fingerprint density at radius 3 is 1.50 bits per heavy atom. The van der Waals surface area contributed by atoms with E-state index in [2.05, 4.69) is 5.32 Å². The third-order valence-corrected chi connectivity index (χ3v) is 0.718. The van der Waals surface area contributed by atoms with Crippen LogP contribution in [0.2, 0.25) is 0 Å². The quantitative estimate of drug-likeness (QED) is 0.603. The molecule has 0 unspecified atom stereocenters. The number of hydrogen-bond donors (Lipinski definition) is 1.